The van der Waals surface area contributed by atoms with Gasteiger partial charge in [-0.3, -0.25) is 4.79 Å². The van der Waals surface area contributed by atoms with E-state index in [1.54, 1.807) is 12.1 Å². The third-order valence-electron chi connectivity index (χ3n) is 5.54. The first-order valence-electron chi connectivity index (χ1n) is 10.6. The van der Waals surface area contributed by atoms with Crippen LogP contribution in [0.3, 0.4) is 0 Å². The van der Waals surface area contributed by atoms with Gasteiger partial charge in [0, 0.05) is 6.08 Å². The smallest absolute Gasteiger partial charge is 0.248 e. The number of amides is 1. The van der Waals surface area contributed by atoms with Crippen LogP contribution in [-0.4, -0.2) is 11.0 Å². The third-order valence-corrected chi connectivity index (χ3v) is 5.54. The lowest BCUT2D eigenvalue weighted by Gasteiger charge is -2.32. The Morgan fingerprint density at radius 3 is 2.53 bits per heavy atom. The number of aryl methyl sites for hydroxylation is 1. The molecular formula is C27H35NO2. The summed E-state index contributed by atoms with van der Waals surface area (Å²) in [4.78, 5) is 12.2. The van der Waals surface area contributed by atoms with E-state index in [2.05, 4.69) is 45.2 Å². The lowest BCUT2D eigenvalue weighted by molar-refractivity contribution is -0.112. The first-order valence-corrected chi connectivity index (χ1v) is 10.6. The Morgan fingerprint density at radius 2 is 1.87 bits per heavy atom. The molecule has 1 aromatic carbocycles. The van der Waals surface area contributed by atoms with E-state index in [-0.39, 0.29) is 17.1 Å². The average molecular weight is 406 g/mol. The summed E-state index contributed by atoms with van der Waals surface area (Å²) < 4.78 is 0. The minimum Gasteiger partial charge on any atom is -0.506 e. The van der Waals surface area contributed by atoms with E-state index < -0.39 is 0 Å². The number of hydrogen-bond acceptors (Lipinski definition) is 2. The zero-order valence-corrected chi connectivity index (χ0v) is 19.2. The molecule has 1 aliphatic rings. The molecule has 0 saturated carbocycles. The fourth-order valence-corrected chi connectivity index (χ4v) is 3.80. The van der Waals surface area contributed by atoms with Gasteiger partial charge in [0.25, 0.3) is 0 Å². The number of carbonyl (C=O) groups is 1. The van der Waals surface area contributed by atoms with E-state index >= 15 is 0 Å². The van der Waals surface area contributed by atoms with Crippen molar-refractivity contribution in [1.29, 1.82) is 0 Å². The highest BCUT2D eigenvalue weighted by molar-refractivity contribution is 6.00. The standard InChI is InChI=1S/C27H35NO2/c1-19(12-14-23-22(4)11-8-16-27(23,5)6)9-7-10-20(2)18-26(30)28-24-15-13-21(3)17-25(24)29/h7,9-10,12-15,17-18,29H,8,11,16H2,1-6H3,(H,28,30)/b10-7+,14-12+,19-9+,20-18+. The highest BCUT2D eigenvalue weighted by Gasteiger charge is 2.26. The highest BCUT2D eigenvalue weighted by atomic mass is 16.3. The molecule has 0 unspecified atom stereocenters. The van der Waals surface area contributed by atoms with Gasteiger partial charge in [-0.1, -0.05) is 61.4 Å². The van der Waals surface area contributed by atoms with Gasteiger partial charge < -0.3 is 10.4 Å². The SMILES string of the molecule is CC1=C(/C=C/C(C)=C/C=C/C(C)=C/C(=O)Nc2ccc(C)cc2O)C(C)(C)CCC1. The molecule has 0 spiro atoms. The molecule has 160 valence electrons. The number of nitrogens with one attached hydrogen (secondary N) is 1. The fraction of sp³-hybridized carbons (Fsp3) is 0.370. The van der Waals surface area contributed by atoms with Gasteiger partial charge in [0.15, 0.2) is 0 Å². The Hall–Kier alpha value is -2.81. The molecule has 1 aromatic rings. The molecule has 3 heteroatoms. The van der Waals surface area contributed by atoms with Crippen LogP contribution in [0.15, 0.2) is 76.9 Å². The van der Waals surface area contributed by atoms with Gasteiger partial charge >= 0.3 is 0 Å². The Bertz CT molecular complexity index is 940. The van der Waals surface area contributed by atoms with Gasteiger partial charge in [-0.2, -0.15) is 0 Å². The summed E-state index contributed by atoms with van der Waals surface area (Å²) in [6.45, 7) is 12.7. The molecule has 0 heterocycles. The summed E-state index contributed by atoms with van der Waals surface area (Å²) in [5, 5.41) is 12.6. The molecule has 30 heavy (non-hydrogen) atoms. The zero-order valence-electron chi connectivity index (χ0n) is 19.2. The average Bonchev–Trinajstić information content (AvgIpc) is 2.63. The number of rotatable bonds is 6. The second-order valence-corrected chi connectivity index (χ2v) is 8.93. The molecule has 0 bridgehead atoms. The largest absolute Gasteiger partial charge is 0.506 e. The molecule has 3 nitrogen and oxygen atoms in total. The Balaban J connectivity index is 1.98. The second kappa shape index (κ2) is 10.3. The Kier molecular flexibility index (Phi) is 8.05. The number of anilines is 1. The molecular weight excluding hydrogens is 370 g/mol. The second-order valence-electron chi connectivity index (χ2n) is 8.93. The molecule has 0 radical (unpaired) electrons. The molecule has 0 fully saturated rings. The van der Waals surface area contributed by atoms with Crippen molar-refractivity contribution in [3.05, 3.63) is 82.5 Å². The van der Waals surface area contributed by atoms with Crippen LogP contribution < -0.4 is 5.32 Å². The van der Waals surface area contributed by atoms with Crippen molar-refractivity contribution in [3.63, 3.8) is 0 Å². The zero-order chi connectivity index (χ0) is 22.3. The van der Waals surface area contributed by atoms with Crippen molar-refractivity contribution in [2.24, 2.45) is 5.41 Å². The van der Waals surface area contributed by atoms with Crippen molar-refractivity contribution in [1.82, 2.24) is 0 Å². The number of phenols is 1. The van der Waals surface area contributed by atoms with E-state index in [1.165, 1.54) is 36.5 Å². The number of hydrogen-bond donors (Lipinski definition) is 2. The Labute approximate surface area is 181 Å². The minimum atomic E-state index is -0.265. The van der Waals surface area contributed by atoms with Gasteiger partial charge in [-0.15, -0.1) is 0 Å². The van der Waals surface area contributed by atoms with Gasteiger partial charge in [0.1, 0.15) is 5.75 Å². The lowest BCUT2D eigenvalue weighted by Crippen LogP contribution is -2.19. The molecule has 2 rings (SSSR count). The van der Waals surface area contributed by atoms with E-state index in [0.717, 1.165) is 16.7 Å². The van der Waals surface area contributed by atoms with Crippen molar-refractivity contribution in [2.45, 2.75) is 60.8 Å². The van der Waals surface area contributed by atoms with Crippen molar-refractivity contribution >= 4 is 11.6 Å². The fourth-order valence-electron chi connectivity index (χ4n) is 3.80. The molecule has 1 amide bonds. The molecule has 1 aliphatic carbocycles. The van der Waals surface area contributed by atoms with Crippen LogP contribution in [0.25, 0.3) is 0 Å². The van der Waals surface area contributed by atoms with Crippen molar-refractivity contribution in [2.75, 3.05) is 5.32 Å². The third kappa shape index (κ3) is 6.91. The number of aromatic hydroxyl groups is 1. The maximum absolute atomic E-state index is 12.2. The van der Waals surface area contributed by atoms with Gasteiger partial charge in [-0.25, -0.2) is 0 Å². The first-order chi connectivity index (χ1) is 14.1. The molecule has 0 saturated heterocycles. The van der Waals surface area contributed by atoms with Crippen LogP contribution in [0.2, 0.25) is 0 Å². The lowest BCUT2D eigenvalue weighted by atomic mass is 9.72. The normalized spacial score (nSPS) is 17.8. The topological polar surface area (TPSA) is 49.3 Å². The predicted molar refractivity (Wildman–Crippen MR) is 128 cm³/mol. The summed E-state index contributed by atoms with van der Waals surface area (Å²) in [6, 6.07) is 5.17. The number of carbonyl (C=O) groups excluding carboxylic acids is 1. The van der Waals surface area contributed by atoms with E-state index in [4.69, 9.17) is 0 Å². The monoisotopic (exact) mass is 405 g/mol. The first kappa shape index (κ1) is 23.5. The van der Waals surface area contributed by atoms with Gasteiger partial charge in [0.2, 0.25) is 5.91 Å². The summed E-state index contributed by atoms with van der Waals surface area (Å²) in [5.41, 5.74) is 6.54. The number of allylic oxidation sites excluding steroid dienone is 9. The van der Waals surface area contributed by atoms with Crippen LogP contribution >= 0.6 is 0 Å². The minimum absolute atomic E-state index is 0.0711. The highest BCUT2D eigenvalue weighted by Crippen LogP contribution is 2.40. The molecule has 0 aliphatic heterocycles. The van der Waals surface area contributed by atoms with Crippen molar-refractivity contribution < 1.29 is 9.90 Å². The van der Waals surface area contributed by atoms with Crippen LogP contribution in [0, 0.1) is 12.3 Å². The summed E-state index contributed by atoms with van der Waals surface area (Å²) in [7, 11) is 0. The van der Waals surface area contributed by atoms with Crippen molar-refractivity contribution in [3.8, 4) is 5.75 Å². The Morgan fingerprint density at radius 1 is 1.13 bits per heavy atom. The van der Waals surface area contributed by atoms with Gasteiger partial charge in [0.05, 0.1) is 5.69 Å². The number of benzene rings is 1. The summed E-state index contributed by atoms with van der Waals surface area (Å²) in [6.07, 6.45) is 15.6. The van der Waals surface area contributed by atoms with Crippen LogP contribution in [0.1, 0.15) is 59.4 Å². The van der Waals surface area contributed by atoms with Crippen LogP contribution in [-0.2, 0) is 4.79 Å². The summed E-state index contributed by atoms with van der Waals surface area (Å²) in [5.74, 6) is -0.194. The predicted octanol–water partition coefficient (Wildman–Crippen LogP) is 7.17. The van der Waals surface area contributed by atoms with E-state index in [0.29, 0.717) is 5.69 Å². The molecule has 0 atom stereocenters. The number of phenolic OH excluding ortho intramolecular Hbond substituents is 1. The van der Waals surface area contributed by atoms with Crippen LogP contribution in [0.4, 0.5) is 5.69 Å². The quantitative estimate of drug-likeness (QED) is 0.299. The van der Waals surface area contributed by atoms with E-state index in [1.807, 2.05) is 38.1 Å². The molecule has 2 N–H and O–H groups in total. The summed E-state index contributed by atoms with van der Waals surface area (Å²) >= 11 is 0. The van der Waals surface area contributed by atoms with Gasteiger partial charge in [-0.05, 0) is 81.2 Å². The maximum atomic E-state index is 12.2. The molecule has 0 aromatic heterocycles. The van der Waals surface area contributed by atoms with Crippen LogP contribution in [0.5, 0.6) is 5.75 Å². The van der Waals surface area contributed by atoms with E-state index in [9.17, 15) is 9.90 Å². The maximum Gasteiger partial charge on any atom is 0.248 e.